The summed E-state index contributed by atoms with van der Waals surface area (Å²) in [6, 6.07) is 2.78. The van der Waals surface area contributed by atoms with Crippen LogP contribution in [0.2, 0.25) is 0 Å². The Labute approximate surface area is 101 Å². The number of aliphatic hydroxyl groups excluding tert-OH is 1. The van der Waals surface area contributed by atoms with Crippen LogP contribution in [0.3, 0.4) is 0 Å². The molecule has 3 N–H and O–H groups in total. The van der Waals surface area contributed by atoms with Gasteiger partial charge in [-0.3, -0.25) is 0 Å². The predicted octanol–water partition coefficient (Wildman–Crippen LogP) is 0.0552. The largest absolute Gasteiger partial charge is 0.396 e. The smallest absolute Gasteiger partial charge is 0.262 e. The maximum Gasteiger partial charge on any atom is 0.262 e. The molecule has 6 nitrogen and oxygen atoms in total. The van der Waals surface area contributed by atoms with Gasteiger partial charge in [-0.05, 0) is 26.0 Å². The fraction of sp³-hybridized carbons (Fsp3) is 0.500. The fourth-order valence-electron chi connectivity index (χ4n) is 1.48. The van der Waals surface area contributed by atoms with Gasteiger partial charge >= 0.3 is 0 Å². The van der Waals surface area contributed by atoms with Gasteiger partial charge in [0.1, 0.15) is 0 Å². The number of aromatic nitrogens is 1. The van der Waals surface area contributed by atoms with Crippen LogP contribution in [0.25, 0.3) is 0 Å². The highest BCUT2D eigenvalue weighted by atomic mass is 32.2. The summed E-state index contributed by atoms with van der Waals surface area (Å²) in [7, 11) is -3.76. The lowest BCUT2D eigenvalue weighted by Gasteiger charge is -2.24. The summed E-state index contributed by atoms with van der Waals surface area (Å²) >= 11 is 0. The van der Waals surface area contributed by atoms with Crippen molar-refractivity contribution in [3.8, 4) is 0 Å². The SMILES string of the molecule is CC(C)N(CCO)S(=O)(=O)c1ncccc1N. The second-order valence-corrected chi connectivity index (χ2v) is 5.64. The molecule has 17 heavy (non-hydrogen) atoms. The average Bonchev–Trinajstić information content (AvgIpc) is 2.25. The van der Waals surface area contributed by atoms with Crippen LogP contribution in [-0.4, -0.2) is 42.0 Å². The van der Waals surface area contributed by atoms with E-state index in [2.05, 4.69) is 4.98 Å². The molecular weight excluding hydrogens is 242 g/mol. The van der Waals surface area contributed by atoms with Crippen molar-refractivity contribution in [1.29, 1.82) is 0 Å². The molecule has 0 fully saturated rings. The number of nitrogens with two attached hydrogens (primary N) is 1. The number of rotatable bonds is 5. The highest BCUT2D eigenvalue weighted by Crippen LogP contribution is 2.20. The molecule has 0 aliphatic carbocycles. The molecule has 0 saturated carbocycles. The van der Waals surface area contributed by atoms with Crippen LogP contribution in [0.1, 0.15) is 13.8 Å². The van der Waals surface area contributed by atoms with Crippen molar-refractivity contribution in [1.82, 2.24) is 9.29 Å². The van der Waals surface area contributed by atoms with Crippen LogP contribution in [-0.2, 0) is 10.0 Å². The van der Waals surface area contributed by atoms with Crippen LogP contribution in [0.5, 0.6) is 0 Å². The van der Waals surface area contributed by atoms with Gasteiger partial charge in [0.05, 0.1) is 12.3 Å². The Balaban J connectivity index is 3.22. The van der Waals surface area contributed by atoms with E-state index in [9.17, 15) is 8.42 Å². The lowest BCUT2D eigenvalue weighted by Crippen LogP contribution is -2.39. The van der Waals surface area contributed by atoms with Gasteiger partial charge in [-0.2, -0.15) is 4.31 Å². The molecule has 1 heterocycles. The fourth-order valence-corrected chi connectivity index (χ4v) is 3.14. The maximum absolute atomic E-state index is 12.3. The quantitative estimate of drug-likeness (QED) is 0.779. The topological polar surface area (TPSA) is 96.5 Å². The summed E-state index contributed by atoms with van der Waals surface area (Å²) in [6.07, 6.45) is 1.38. The summed E-state index contributed by atoms with van der Waals surface area (Å²) in [5.41, 5.74) is 5.72. The third-order valence-corrected chi connectivity index (χ3v) is 4.30. The number of pyridine rings is 1. The summed E-state index contributed by atoms with van der Waals surface area (Å²) in [4.78, 5) is 3.80. The first-order valence-corrected chi connectivity index (χ1v) is 6.68. The van der Waals surface area contributed by atoms with Crippen LogP contribution >= 0.6 is 0 Å². The van der Waals surface area contributed by atoms with Crippen molar-refractivity contribution in [3.63, 3.8) is 0 Å². The third-order valence-electron chi connectivity index (χ3n) is 2.25. The van der Waals surface area contributed by atoms with Gasteiger partial charge in [-0.25, -0.2) is 13.4 Å². The third kappa shape index (κ3) is 2.93. The van der Waals surface area contributed by atoms with Crippen LogP contribution in [0, 0.1) is 0 Å². The molecule has 0 amide bonds. The summed E-state index contributed by atoms with van der Waals surface area (Å²) in [5.74, 6) is 0. The number of aliphatic hydroxyl groups is 1. The minimum atomic E-state index is -3.76. The molecule has 0 aliphatic rings. The van der Waals surface area contributed by atoms with Gasteiger partial charge in [-0.15, -0.1) is 0 Å². The number of hydrogen-bond donors (Lipinski definition) is 2. The predicted molar refractivity (Wildman–Crippen MR) is 64.8 cm³/mol. The van der Waals surface area contributed by atoms with Crippen molar-refractivity contribution in [2.75, 3.05) is 18.9 Å². The number of nitrogens with zero attached hydrogens (tertiary/aromatic N) is 2. The van der Waals surface area contributed by atoms with E-state index >= 15 is 0 Å². The van der Waals surface area contributed by atoms with E-state index in [1.54, 1.807) is 19.9 Å². The van der Waals surface area contributed by atoms with Gasteiger partial charge in [0.15, 0.2) is 5.03 Å². The highest BCUT2D eigenvalue weighted by Gasteiger charge is 2.29. The van der Waals surface area contributed by atoms with Gasteiger partial charge < -0.3 is 10.8 Å². The Morgan fingerprint density at radius 1 is 1.53 bits per heavy atom. The van der Waals surface area contributed by atoms with Crippen LogP contribution in [0.4, 0.5) is 5.69 Å². The first kappa shape index (κ1) is 13.9. The van der Waals surface area contributed by atoms with Gasteiger partial charge in [0, 0.05) is 18.8 Å². The Morgan fingerprint density at radius 3 is 2.65 bits per heavy atom. The van der Waals surface area contributed by atoms with Crippen molar-refractivity contribution in [3.05, 3.63) is 18.3 Å². The minimum absolute atomic E-state index is 0.0238. The number of sulfonamides is 1. The van der Waals surface area contributed by atoms with E-state index in [-0.39, 0.29) is 29.9 Å². The molecule has 1 aromatic rings. The lowest BCUT2D eigenvalue weighted by atomic mass is 10.4. The van der Waals surface area contributed by atoms with Crippen molar-refractivity contribution in [2.45, 2.75) is 24.9 Å². The van der Waals surface area contributed by atoms with Crippen molar-refractivity contribution >= 4 is 15.7 Å². The zero-order valence-electron chi connectivity index (χ0n) is 9.87. The molecule has 0 saturated heterocycles. The second kappa shape index (κ2) is 5.44. The van der Waals surface area contributed by atoms with Crippen molar-refractivity contribution in [2.24, 2.45) is 0 Å². The molecule has 0 aromatic carbocycles. The zero-order chi connectivity index (χ0) is 13.1. The normalized spacial score (nSPS) is 12.3. The summed E-state index contributed by atoms with van der Waals surface area (Å²) in [5, 5.41) is 8.74. The van der Waals surface area contributed by atoms with Crippen LogP contribution in [0.15, 0.2) is 23.4 Å². The van der Waals surface area contributed by atoms with Gasteiger partial charge in [0.25, 0.3) is 10.0 Å². The minimum Gasteiger partial charge on any atom is -0.396 e. The molecule has 1 aromatic heterocycles. The summed E-state index contributed by atoms with van der Waals surface area (Å²) < 4.78 is 25.7. The van der Waals surface area contributed by atoms with E-state index < -0.39 is 10.0 Å². The monoisotopic (exact) mass is 259 g/mol. The van der Waals surface area contributed by atoms with E-state index in [1.807, 2.05) is 0 Å². The molecule has 0 unspecified atom stereocenters. The molecule has 1 rings (SSSR count). The summed E-state index contributed by atoms with van der Waals surface area (Å²) in [6.45, 7) is 3.23. The van der Waals surface area contributed by atoms with E-state index in [4.69, 9.17) is 10.8 Å². The molecule has 96 valence electrons. The Hall–Kier alpha value is -1.18. The molecular formula is C10H17N3O3S. The van der Waals surface area contributed by atoms with Gasteiger partial charge in [0.2, 0.25) is 0 Å². The van der Waals surface area contributed by atoms with E-state index in [1.165, 1.54) is 16.6 Å². The van der Waals surface area contributed by atoms with E-state index in [0.29, 0.717) is 0 Å². The molecule has 0 bridgehead atoms. The molecule has 0 atom stereocenters. The molecule has 0 radical (unpaired) electrons. The Morgan fingerprint density at radius 2 is 2.18 bits per heavy atom. The Kier molecular flexibility index (Phi) is 4.44. The standard InChI is InChI=1S/C10H17N3O3S/c1-8(2)13(6-7-14)17(15,16)10-9(11)4-3-5-12-10/h3-5,8,14H,6-7,11H2,1-2H3. The number of anilines is 1. The van der Waals surface area contributed by atoms with E-state index in [0.717, 1.165) is 0 Å². The lowest BCUT2D eigenvalue weighted by molar-refractivity contribution is 0.236. The highest BCUT2D eigenvalue weighted by molar-refractivity contribution is 7.89. The number of hydrogen-bond acceptors (Lipinski definition) is 5. The van der Waals surface area contributed by atoms with Crippen LogP contribution < -0.4 is 5.73 Å². The van der Waals surface area contributed by atoms with Gasteiger partial charge in [-0.1, -0.05) is 0 Å². The molecule has 0 aliphatic heterocycles. The zero-order valence-corrected chi connectivity index (χ0v) is 10.7. The van der Waals surface area contributed by atoms with Crippen molar-refractivity contribution < 1.29 is 13.5 Å². The molecule has 7 heteroatoms. The Bertz CT molecular complexity index is 473. The number of nitrogen functional groups attached to an aromatic ring is 1. The molecule has 0 spiro atoms. The average molecular weight is 259 g/mol. The maximum atomic E-state index is 12.3. The second-order valence-electron chi connectivity index (χ2n) is 3.83. The first-order chi connectivity index (χ1) is 7.91. The first-order valence-electron chi connectivity index (χ1n) is 5.24.